The summed E-state index contributed by atoms with van der Waals surface area (Å²) in [6.07, 6.45) is 1.81. The number of nitrogens with zero attached hydrogens (tertiary/aromatic N) is 1. The summed E-state index contributed by atoms with van der Waals surface area (Å²) in [4.78, 5) is 38.5. The predicted molar refractivity (Wildman–Crippen MR) is 124 cm³/mol. The molecule has 1 aliphatic rings. The van der Waals surface area contributed by atoms with Gasteiger partial charge in [-0.2, -0.15) is 0 Å². The average Bonchev–Trinajstić information content (AvgIpc) is 2.74. The fourth-order valence-corrected chi connectivity index (χ4v) is 3.83. The van der Waals surface area contributed by atoms with Crippen molar-refractivity contribution in [2.24, 2.45) is 0 Å². The largest absolute Gasteiger partial charge is 0.335 e. The first-order valence-corrected chi connectivity index (χ1v) is 10.7. The molecule has 160 valence electrons. The molecule has 0 aliphatic carbocycles. The van der Waals surface area contributed by atoms with E-state index in [0.29, 0.717) is 22.7 Å². The number of urea groups is 1. The van der Waals surface area contributed by atoms with E-state index in [1.807, 2.05) is 0 Å². The SMILES string of the molecule is O=C1NC(=O)N(c2ccc(Br)cc2)C(=O)/C1=C/c1ccc(Cc2cccc(F)c2)c(Cl)c1. The minimum absolute atomic E-state index is 0.193. The molecule has 0 saturated carbocycles. The first kappa shape index (κ1) is 21.9. The van der Waals surface area contributed by atoms with Crippen molar-refractivity contribution in [2.75, 3.05) is 4.90 Å². The van der Waals surface area contributed by atoms with E-state index in [4.69, 9.17) is 11.6 Å². The van der Waals surface area contributed by atoms with Crippen LogP contribution in [0.15, 0.2) is 76.8 Å². The van der Waals surface area contributed by atoms with E-state index in [0.717, 1.165) is 20.5 Å². The Hall–Kier alpha value is -3.29. The van der Waals surface area contributed by atoms with Crippen LogP contribution in [0.3, 0.4) is 0 Å². The lowest BCUT2D eigenvalue weighted by molar-refractivity contribution is -0.122. The molecular weight excluding hydrogens is 499 g/mol. The maximum Gasteiger partial charge on any atom is 0.335 e. The van der Waals surface area contributed by atoms with E-state index in [9.17, 15) is 18.8 Å². The number of imide groups is 2. The molecule has 4 rings (SSSR count). The lowest BCUT2D eigenvalue weighted by Gasteiger charge is -2.26. The van der Waals surface area contributed by atoms with Gasteiger partial charge in [-0.3, -0.25) is 14.9 Å². The van der Waals surface area contributed by atoms with E-state index >= 15 is 0 Å². The summed E-state index contributed by atoms with van der Waals surface area (Å²) in [6, 6.07) is 17.0. The number of carbonyl (C=O) groups excluding carboxylic acids is 3. The first-order valence-electron chi connectivity index (χ1n) is 9.52. The van der Waals surface area contributed by atoms with Gasteiger partial charge in [0.1, 0.15) is 11.4 Å². The fraction of sp³-hybridized carbons (Fsp3) is 0.0417. The van der Waals surface area contributed by atoms with Crippen LogP contribution in [0.1, 0.15) is 16.7 Å². The third kappa shape index (κ3) is 4.64. The quantitative estimate of drug-likeness (QED) is 0.370. The number of amides is 4. The molecule has 3 aromatic rings. The molecule has 1 aliphatic heterocycles. The second kappa shape index (κ2) is 9.06. The average molecular weight is 514 g/mol. The molecule has 3 aromatic carbocycles. The van der Waals surface area contributed by atoms with Crippen LogP contribution in [0, 0.1) is 5.82 Å². The normalized spacial score (nSPS) is 15.3. The van der Waals surface area contributed by atoms with Crippen LogP contribution >= 0.6 is 27.5 Å². The van der Waals surface area contributed by atoms with Crippen LogP contribution in [-0.4, -0.2) is 17.8 Å². The lowest BCUT2D eigenvalue weighted by atomic mass is 10.0. The van der Waals surface area contributed by atoms with Crippen LogP contribution < -0.4 is 10.2 Å². The topological polar surface area (TPSA) is 66.5 Å². The number of benzene rings is 3. The third-order valence-corrected chi connectivity index (χ3v) is 5.74. The Balaban J connectivity index is 1.62. The van der Waals surface area contributed by atoms with Crippen molar-refractivity contribution in [3.63, 3.8) is 0 Å². The Morgan fingerprint density at radius 2 is 1.75 bits per heavy atom. The number of barbiturate groups is 1. The van der Waals surface area contributed by atoms with Crippen molar-refractivity contribution in [2.45, 2.75) is 6.42 Å². The molecule has 5 nitrogen and oxygen atoms in total. The summed E-state index contributed by atoms with van der Waals surface area (Å²) in [5.74, 6) is -1.85. The van der Waals surface area contributed by atoms with Crippen LogP contribution in [0.25, 0.3) is 6.08 Å². The molecule has 0 unspecified atom stereocenters. The van der Waals surface area contributed by atoms with Crippen LogP contribution in [0.5, 0.6) is 0 Å². The molecule has 0 bridgehead atoms. The summed E-state index contributed by atoms with van der Waals surface area (Å²) >= 11 is 9.70. The number of halogens is 3. The van der Waals surface area contributed by atoms with E-state index in [1.54, 1.807) is 54.6 Å². The maximum atomic E-state index is 13.4. The molecule has 1 saturated heterocycles. The molecule has 8 heteroatoms. The Labute approximate surface area is 196 Å². The highest BCUT2D eigenvalue weighted by Crippen LogP contribution is 2.26. The fourth-order valence-electron chi connectivity index (χ4n) is 3.31. The molecule has 1 fully saturated rings. The van der Waals surface area contributed by atoms with E-state index in [-0.39, 0.29) is 11.4 Å². The number of rotatable bonds is 4. The van der Waals surface area contributed by atoms with Gasteiger partial charge in [-0.25, -0.2) is 14.1 Å². The smallest absolute Gasteiger partial charge is 0.273 e. The summed E-state index contributed by atoms with van der Waals surface area (Å²) < 4.78 is 14.2. The van der Waals surface area contributed by atoms with Gasteiger partial charge in [0.25, 0.3) is 11.8 Å². The third-order valence-electron chi connectivity index (χ3n) is 4.86. The number of anilines is 1. The van der Waals surface area contributed by atoms with Gasteiger partial charge in [-0.15, -0.1) is 0 Å². The van der Waals surface area contributed by atoms with Gasteiger partial charge >= 0.3 is 6.03 Å². The van der Waals surface area contributed by atoms with Crippen molar-refractivity contribution in [3.05, 3.63) is 104 Å². The monoisotopic (exact) mass is 512 g/mol. The van der Waals surface area contributed by atoms with Crippen molar-refractivity contribution in [1.29, 1.82) is 0 Å². The van der Waals surface area contributed by atoms with Crippen LogP contribution in [-0.2, 0) is 16.0 Å². The molecule has 0 spiro atoms. The second-order valence-corrected chi connectivity index (χ2v) is 8.41. The zero-order valence-electron chi connectivity index (χ0n) is 16.4. The van der Waals surface area contributed by atoms with Crippen molar-refractivity contribution in [3.8, 4) is 0 Å². The standard InChI is InChI=1S/C24H15BrClFN2O3/c25-17-6-8-19(9-7-17)29-23(31)20(22(30)28-24(29)32)12-15-4-5-16(21(26)13-15)10-14-2-1-3-18(27)11-14/h1-9,11-13H,10H2,(H,28,30,32)/b20-12+. The lowest BCUT2D eigenvalue weighted by Crippen LogP contribution is -2.54. The van der Waals surface area contributed by atoms with Crippen LogP contribution in [0.4, 0.5) is 14.9 Å². The molecule has 1 N–H and O–H groups in total. The maximum absolute atomic E-state index is 13.4. The number of hydrogen-bond donors (Lipinski definition) is 1. The van der Waals surface area contributed by atoms with Gasteiger partial charge in [-0.1, -0.05) is 51.8 Å². The molecule has 32 heavy (non-hydrogen) atoms. The highest BCUT2D eigenvalue weighted by molar-refractivity contribution is 9.10. The highest BCUT2D eigenvalue weighted by atomic mass is 79.9. The Kier molecular flexibility index (Phi) is 6.21. The Morgan fingerprint density at radius 1 is 1.00 bits per heavy atom. The van der Waals surface area contributed by atoms with Crippen molar-refractivity contribution < 1.29 is 18.8 Å². The molecule has 0 aromatic heterocycles. The van der Waals surface area contributed by atoms with Crippen molar-refractivity contribution in [1.82, 2.24) is 5.32 Å². The zero-order valence-corrected chi connectivity index (χ0v) is 18.8. The number of carbonyl (C=O) groups is 3. The number of hydrogen-bond acceptors (Lipinski definition) is 3. The van der Waals surface area contributed by atoms with Gasteiger partial charge in [-0.05, 0) is 71.7 Å². The first-order chi connectivity index (χ1) is 15.3. The minimum Gasteiger partial charge on any atom is -0.273 e. The highest BCUT2D eigenvalue weighted by Gasteiger charge is 2.36. The van der Waals surface area contributed by atoms with E-state index in [2.05, 4.69) is 21.2 Å². The van der Waals surface area contributed by atoms with Gasteiger partial charge in [0.15, 0.2) is 0 Å². The second-order valence-electron chi connectivity index (χ2n) is 7.09. The molecule has 0 atom stereocenters. The Morgan fingerprint density at radius 3 is 2.44 bits per heavy atom. The predicted octanol–water partition coefficient (Wildman–Crippen LogP) is 5.50. The van der Waals surface area contributed by atoms with Gasteiger partial charge in [0, 0.05) is 9.50 Å². The Bertz CT molecular complexity index is 1270. The summed E-state index contributed by atoms with van der Waals surface area (Å²) in [6.45, 7) is 0. The summed E-state index contributed by atoms with van der Waals surface area (Å²) in [7, 11) is 0. The summed E-state index contributed by atoms with van der Waals surface area (Å²) in [5, 5.41) is 2.60. The number of nitrogens with one attached hydrogen (secondary N) is 1. The van der Waals surface area contributed by atoms with E-state index in [1.165, 1.54) is 18.2 Å². The zero-order chi connectivity index (χ0) is 22.8. The molecular formula is C24H15BrClFN2O3. The molecule has 4 amide bonds. The van der Waals surface area contributed by atoms with Gasteiger partial charge in [0.2, 0.25) is 0 Å². The summed E-state index contributed by atoms with van der Waals surface area (Å²) in [5.41, 5.74) is 2.19. The van der Waals surface area contributed by atoms with Gasteiger partial charge < -0.3 is 0 Å². The molecule has 1 heterocycles. The molecule has 0 radical (unpaired) electrons. The van der Waals surface area contributed by atoms with Crippen LogP contribution in [0.2, 0.25) is 5.02 Å². The minimum atomic E-state index is -0.817. The van der Waals surface area contributed by atoms with Gasteiger partial charge in [0.05, 0.1) is 5.69 Å². The van der Waals surface area contributed by atoms with Crippen molar-refractivity contribution >= 4 is 57.1 Å². The van der Waals surface area contributed by atoms with E-state index < -0.39 is 17.8 Å².